The summed E-state index contributed by atoms with van der Waals surface area (Å²) in [6.45, 7) is 0. The number of nitroso groups, excluding NO2 is 1. The van der Waals surface area contributed by atoms with E-state index in [-0.39, 0.29) is 16.5 Å². The minimum absolute atomic E-state index is 0.0645. The molecular weight excluding hydrogens is 502 g/mol. The molecule has 4 rings (SSSR count). The minimum atomic E-state index is -1.45. The molecule has 5 N–H and O–H groups in total. The molecule has 2 amide bonds. The quantitative estimate of drug-likeness (QED) is 0.158. The standard InChI is InChI=1S/C19H19N7O5S3/c1-21-25-4-2-10(3-5-25)32-6-9-7-33-17-13(16(28)26(17)14(9)18(29)30)23-15(27)12(24-31)11-8-34-19(20)22-11/h2-5,8,12-13,17,21H,6-7H2,1H3,(H3-,20,22,23,27,29,30)/p+1/t12?,13-,17-/m1/s1. The average molecular weight is 523 g/mol. The average Bonchev–Trinajstić information content (AvgIpc) is 3.26. The van der Waals surface area contributed by atoms with Crippen LogP contribution in [0.15, 0.2) is 51.2 Å². The van der Waals surface area contributed by atoms with Gasteiger partial charge in [-0.15, -0.1) is 39.8 Å². The normalized spacial score (nSPS) is 20.3. The summed E-state index contributed by atoms with van der Waals surface area (Å²) in [7, 11) is 1.79. The Hall–Kier alpha value is -3.17. The Balaban J connectivity index is 1.45. The zero-order valence-corrected chi connectivity index (χ0v) is 20.2. The van der Waals surface area contributed by atoms with Gasteiger partial charge in [-0.3, -0.25) is 14.5 Å². The van der Waals surface area contributed by atoms with Gasteiger partial charge in [0.1, 0.15) is 17.1 Å². The topological polar surface area (TPSA) is 171 Å². The van der Waals surface area contributed by atoms with E-state index < -0.39 is 35.2 Å². The molecule has 2 aromatic heterocycles. The monoisotopic (exact) mass is 522 g/mol. The summed E-state index contributed by atoms with van der Waals surface area (Å²) >= 11 is 3.89. The fraction of sp³-hybridized carbons (Fsp3) is 0.316. The van der Waals surface area contributed by atoms with E-state index in [2.05, 4.69) is 20.9 Å². The first-order valence-corrected chi connectivity index (χ1v) is 12.8. The summed E-state index contributed by atoms with van der Waals surface area (Å²) in [5, 5.41) is 16.2. The Kier molecular flexibility index (Phi) is 7.04. The number of nitrogens with two attached hydrogens (primary N) is 1. The van der Waals surface area contributed by atoms with Crippen molar-refractivity contribution in [3.63, 3.8) is 0 Å². The molecule has 1 fully saturated rings. The third-order valence-corrected chi connectivity index (χ3v) is 8.32. The number of anilines is 1. The third-order valence-electron chi connectivity index (χ3n) is 5.19. The highest BCUT2D eigenvalue weighted by Crippen LogP contribution is 2.41. The lowest BCUT2D eigenvalue weighted by molar-refractivity contribution is -0.647. The van der Waals surface area contributed by atoms with Crippen LogP contribution in [0, 0.1) is 4.91 Å². The molecule has 0 spiro atoms. The summed E-state index contributed by atoms with van der Waals surface area (Å²) in [5.41, 5.74) is 9.16. The van der Waals surface area contributed by atoms with Gasteiger partial charge in [0.05, 0.1) is 12.7 Å². The lowest BCUT2D eigenvalue weighted by Crippen LogP contribution is -2.70. The van der Waals surface area contributed by atoms with Crippen LogP contribution in [-0.2, 0) is 14.4 Å². The molecular formula is C19H20N7O5S3+. The van der Waals surface area contributed by atoms with Crippen LogP contribution in [0.5, 0.6) is 0 Å². The fourth-order valence-corrected chi connectivity index (χ4v) is 6.47. The van der Waals surface area contributed by atoms with Crippen molar-refractivity contribution in [2.45, 2.75) is 22.4 Å². The van der Waals surface area contributed by atoms with Crippen molar-refractivity contribution < 1.29 is 24.2 Å². The molecule has 1 unspecified atom stereocenters. The Labute approximate surface area is 205 Å². The number of aliphatic carboxylic acids is 1. The number of nitrogens with zero attached hydrogens (tertiary/aromatic N) is 4. The number of aromatic nitrogens is 2. The van der Waals surface area contributed by atoms with E-state index in [4.69, 9.17) is 5.73 Å². The van der Waals surface area contributed by atoms with Crippen molar-refractivity contribution in [2.75, 3.05) is 29.7 Å². The van der Waals surface area contributed by atoms with Crippen LogP contribution in [-0.4, -0.2) is 62.7 Å². The summed E-state index contributed by atoms with van der Waals surface area (Å²) in [4.78, 5) is 54.7. The van der Waals surface area contributed by atoms with Crippen LogP contribution in [0.25, 0.3) is 0 Å². The number of thiazole rings is 1. The predicted octanol–water partition coefficient (Wildman–Crippen LogP) is 0.525. The third kappa shape index (κ3) is 4.58. The van der Waals surface area contributed by atoms with E-state index in [0.717, 1.165) is 16.2 Å². The van der Waals surface area contributed by atoms with Gasteiger partial charge < -0.3 is 16.2 Å². The van der Waals surface area contributed by atoms with Crippen LogP contribution < -0.4 is 21.2 Å². The van der Waals surface area contributed by atoms with E-state index in [1.807, 2.05) is 24.5 Å². The number of fused-ring (bicyclic) bond motifs is 1. The number of hydrogen-bond acceptors (Lipinski definition) is 11. The van der Waals surface area contributed by atoms with Crippen LogP contribution in [0.3, 0.4) is 0 Å². The van der Waals surface area contributed by atoms with Crippen LogP contribution in [0.2, 0.25) is 0 Å². The number of nitrogen functional groups attached to an aromatic ring is 1. The van der Waals surface area contributed by atoms with Gasteiger partial charge in [0.25, 0.3) is 11.8 Å². The fourth-order valence-electron chi connectivity index (χ4n) is 3.52. The van der Waals surface area contributed by atoms with E-state index in [9.17, 15) is 24.4 Å². The Bertz CT molecular complexity index is 1170. The molecule has 0 aliphatic carbocycles. The maximum absolute atomic E-state index is 12.8. The zero-order valence-electron chi connectivity index (χ0n) is 17.7. The van der Waals surface area contributed by atoms with Crippen molar-refractivity contribution in [3.8, 4) is 0 Å². The van der Waals surface area contributed by atoms with Crippen LogP contribution in [0.4, 0.5) is 5.13 Å². The lowest BCUT2D eigenvalue weighted by atomic mass is 10.0. The van der Waals surface area contributed by atoms with Gasteiger partial charge in [-0.2, -0.15) is 5.43 Å². The number of carboxylic acids is 1. The summed E-state index contributed by atoms with van der Waals surface area (Å²) in [5.74, 6) is -1.76. The highest BCUT2D eigenvalue weighted by Gasteiger charge is 2.54. The molecule has 12 nitrogen and oxygen atoms in total. The van der Waals surface area contributed by atoms with Gasteiger partial charge in [-0.25, -0.2) is 9.78 Å². The summed E-state index contributed by atoms with van der Waals surface area (Å²) in [6.07, 6.45) is 3.68. The Morgan fingerprint density at radius 1 is 1.44 bits per heavy atom. The molecule has 15 heteroatoms. The van der Waals surface area contributed by atoms with E-state index in [1.54, 1.807) is 11.7 Å². The predicted molar refractivity (Wildman–Crippen MR) is 127 cm³/mol. The van der Waals surface area contributed by atoms with Crippen LogP contribution >= 0.6 is 34.9 Å². The number of carbonyl (C=O) groups excluding carboxylic acids is 2. The van der Waals surface area contributed by atoms with Crippen molar-refractivity contribution >= 4 is 57.8 Å². The minimum Gasteiger partial charge on any atom is -0.477 e. The molecule has 34 heavy (non-hydrogen) atoms. The number of β-lactam (4-membered cyclic amide) rings is 1. The summed E-state index contributed by atoms with van der Waals surface area (Å²) < 4.78 is 1.77. The van der Waals surface area contributed by atoms with Gasteiger partial charge >= 0.3 is 5.97 Å². The maximum Gasteiger partial charge on any atom is 0.352 e. The molecule has 178 valence electrons. The number of carbonyl (C=O) groups is 3. The SMILES string of the molecule is CN[n+]1ccc(SCC2=C(C(=O)O)N3C(=O)[C@@H](NC(=O)C(N=O)c4csc(N)n4)[C@H]3SC2)cc1. The largest absolute Gasteiger partial charge is 0.477 e. The first-order chi connectivity index (χ1) is 16.3. The second kappa shape index (κ2) is 9.99. The number of amides is 2. The Morgan fingerprint density at radius 3 is 2.76 bits per heavy atom. The van der Waals surface area contributed by atoms with Crippen molar-refractivity contribution in [2.24, 2.45) is 5.18 Å². The van der Waals surface area contributed by atoms with Crippen molar-refractivity contribution in [3.05, 3.63) is 51.8 Å². The number of nitrogens with one attached hydrogen (secondary N) is 2. The van der Waals surface area contributed by atoms with Gasteiger partial charge in [-0.1, -0.05) is 4.68 Å². The van der Waals surface area contributed by atoms with Crippen LogP contribution in [0.1, 0.15) is 11.7 Å². The molecule has 2 aliphatic heterocycles. The second-order valence-corrected chi connectivity index (χ2v) is 10.3. The number of thioether (sulfide) groups is 2. The second-order valence-electron chi connectivity index (χ2n) is 7.23. The molecule has 2 aliphatic rings. The van der Waals surface area contributed by atoms with Gasteiger partial charge in [-0.05, 0) is 10.7 Å². The van der Waals surface area contributed by atoms with E-state index in [1.165, 1.54) is 33.8 Å². The molecule has 0 saturated carbocycles. The zero-order chi connectivity index (χ0) is 24.4. The number of hydrogen-bond donors (Lipinski definition) is 4. The molecule has 1 saturated heterocycles. The highest BCUT2D eigenvalue weighted by atomic mass is 32.2. The molecule has 2 aromatic rings. The first kappa shape index (κ1) is 24.0. The van der Waals surface area contributed by atoms with Gasteiger partial charge in [0.2, 0.25) is 18.4 Å². The molecule has 0 radical (unpaired) electrons. The maximum atomic E-state index is 12.8. The van der Waals surface area contributed by atoms with E-state index >= 15 is 0 Å². The van der Waals surface area contributed by atoms with Gasteiger partial charge in [0.15, 0.2) is 5.13 Å². The highest BCUT2D eigenvalue weighted by molar-refractivity contribution is 8.01. The number of pyridine rings is 1. The Morgan fingerprint density at radius 2 is 2.18 bits per heavy atom. The smallest absolute Gasteiger partial charge is 0.352 e. The molecule has 0 aromatic carbocycles. The first-order valence-electron chi connectivity index (χ1n) is 9.89. The van der Waals surface area contributed by atoms with E-state index in [0.29, 0.717) is 17.1 Å². The molecule has 0 bridgehead atoms. The molecule has 3 atom stereocenters. The lowest BCUT2D eigenvalue weighted by Gasteiger charge is -2.49. The number of rotatable bonds is 9. The van der Waals surface area contributed by atoms with Crippen molar-refractivity contribution in [1.82, 2.24) is 15.2 Å². The number of carboxylic acid groups (broad SMARTS) is 1. The molecule has 4 heterocycles. The van der Waals surface area contributed by atoms with Crippen molar-refractivity contribution in [1.29, 1.82) is 0 Å². The van der Waals surface area contributed by atoms with Gasteiger partial charge in [0, 0.05) is 33.9 Å². The summed E-state index contributed by atoms with van der Waals surface area (Å²) in [6, 6.07) is 1.38.